The van der Waals surface area contributed by atoms with Crippen molar-refractivity contribution >= 4 is 5.97 Å². The molecule has 77 heavy (non-hydrogen) atoms. The molecule has 0 radical (unpaired) electrons. The van der Waals surface area contributed by atoms with Crippen LogP contribution in [0.3, 0.4) is 0 Å². The molecule has 0 unspecified atom stereocenters. The summed E-state index contributed by atoms with van der Waals surface area (Å²) in [5.74, 6) is -0.367. The molecule has 0 aromatic rings. The molecule has 0 aromatic heterocycles. The van der Waals surface area contributed by atoms with E-state index in [0.29, 0.717) is 25.7 Å². The molecule has 4 heterocycles. The predicted octanol–water partition coefficient (Wildman–Crippen LogP) is -2.04. The van der Waals surface area contributed by atoms with Gasteiger partial charge in [0, 0.05) is 0 Å². The average molecular weight is 1110 g/mol. The first-order valence-electron chi connectivity index (χ1n) is 27.8. The second-order valence-electron chi connectivity index (χ2n) is 26.3. The highest BCUT2D eigenvalue weighted by atomic mass is 16.8. The van der Waals surface area contributed by atoms with E-state index in [4.69, 9.17) is 37.9 Å². The van der Waals surface area contributed by atoms with Crippen LogP contribution in [0.15, 0.2) is 11.6 Å². The van der Waals surface area contributed by atoms with E-state index in [2.05, 4.69) is 54.5 Å². The number of carbonyl (C=O) groups excluding carboxylic acids is 1. The Bertz CT molecular complexity index is 2110. The summed E-state index contributed by atoms with van der Waals surface area (Å²) in [6.07, 6.45) is -24.4. The van der Waals surface area contributed by atoms with Crippen molar-refractivity contribution in [3.05, 3.63) is 11.6 Å². The van der Waals surface area contributed by atoms with Crippen molar-refractivity contribution in [3.8, 4) is 0 Å². The summed E-state index contributed by atoms with van der Waals surface area (Å²) in [7, 11) is 0. The summed E-state index contributed by atoms with van der Waals surface area (Å²) in [5.41, 5.74) is -1.01. The zero-order valence-corrected chi connectivity index (χ0v) is 45.3. The van der Waals surface area contributed by atoms with Gasteiger partial charge in [-0.15, -0.1) is 0 Å². The Kier molecular flexibility index (Phi) is 17.0. The highest BCUT2D eigenvalue weighted by Crippen LogP contribution is 2.76. The molecule has 5 aliphatic carbocycles. The Morgan fingerprint density at radius 2 is 0.987 bits per heavy atom. The molecule has 0 bridgehead atoms. The van der Waals surface area contributed by atoms with Gasteiger partial charge in [-0.3, -0.25) is 4.79 Å². The van der Waals surface area contributed by atoms with E-state index >= 15 is 0 Å². The number of ether oxygens (including phenoxy) is 8. The van der Waals surface area contributed by atoms with Gasteiger partial charge < -0.3 is 109 Å². The topological polar surface area (TPSA) is 374 Å². The zero-order chi connectivity index (χ0) is 56.3. The maximum Gasteiger partial charge on any atom is 0.315 e. The molecule has 0 amide bonds. The summed E-state index contributed by atoms with van der Waals surface area (Å²) in [4.78, 5) is 14.7. The largest absolute Gasteiger partial charge is 0.432 e. The van der Waals surface area contributed by atoms with Crippen LogP contribution in [0, 0.1) is 50.2 Å². The van der Waals surface area contributed by atoms with Gasteiger partial charge in [-0.2, -0.15) is 0 Å². The normalized spacial score (nSPS) is 53.4. The SMILES string of the molecule is CC1(C)CC[C@]2(C(=O)O[C@@H]3O[C@H](CO)[C@@H](O)[C@H](O)[C@H]3O)CC[C@]3(C)C(=CC[C@@H]4[C@@]5(C)CC[C@H](O[C@@H]6O[C@H](CO)[C@@H](O)[C@H](O[C@@H]7O[C@H](CO)[C@@H](O)[C@H](O[C@@H]8O[C@H](CO)[C@@H](O)[C@H](O)[C@H]8O)[C@H]7O)[C@H]6O)C(C)(C)[C@@H]5CC[C@]43C)[C@@H]2C1. The number of esters is 1. The molecule has 0 spiro atoms. The van der Waals surface area contributed by atoms with Crippen molar-refractivity contribution < 1.29 is 114 Å². The number of hydrogen-bond acceptors (Lipinski definition) is 23. The lowest BCUT2D eigenvalue weighted by atomic mass is 9.33. The first kappa shape index (κ1) is 60.0. The number of hydrogen-bond donors (Lipinski definition) is 14. The molecule has 4 saturated heterocycles. The van der Waals surface area contributed by atoms with Crippen LogP contribution in [-0.4, -0.2) is 233 Å². The summed E-state index contributed by atoms with van der Waals surface area (Å²) in [5, 5.41) is 149. The van der Waals surface area contributed by atoms with Crippen LogP contribution in [0.5, 0.6) is 0 Å². The fraction of sp³-hybridized carbons (Fsp3) is 0.944. The average Bonchev–Trinajstić information content (AvgIpc) is 3.29. The second kappa shape index (κ2) is 21.8. The van der Waals surface area contributed by atoms with Crippen LogP contribution in [-0.2, 0) is 42.7 Å². The zero-order valence-electron chi connectivity index (χ0n) is 45.3. The highest BCUT2D eigenvalue weighted by Gasteiger charge is 2.70. The minimum absolute atomic E-state index is 0.0901. The Morgan fingerprint density at radius 1 is 0.519 bits per heavy atom. The lowest BCUT2D eigenvalue weighted by Gasteiger charge is -2.71. The van der Waals surface area contributed by atoms with Crippen LogP contribution >= 0.6 is 0 Å². The van der Waals surface area contributed by atoms with E-state index < -0.39 is 172 Å². The fourth-order valence-corrected chi connectivity index (χ4v) is 16.5. The van der Waals surface area contributed by atoms with Crippen molar-refractivity contribution in [2.45, 2.75) is 242 Å². The molecule has 23 heteroatoms. The molecule has 28 atom stereocenters. The van der Waals surface area contributed by atoms with Crippen LogP contribution in [0.1, 0.15) is 113 Å². The Morgan fingerprint density at radius 3 is 1.52 bits per heavy atom. The van der Waals surface area contributed by atoms with Crippen molar-refractivity contribution in [1.82, 2.24) is 0 Å². The monoisotopic (exact) mass is 1100 g/mol. The molecule has 4 aliphatic heterocycles. The van der Waals surface area contributed by atoms with E-state index in [0.717, 1.165) is 38.5 Å². The Balaban J connectivity index is 0.918. The van der Waals surface area contributed by atoms with Gasteiger partial charge in [0.2, 0.25) is 6.29 Å². The number of fused-ring (bicyclic) bond motifs is 7. The number of rotatable bonds is 12. The third-order valence-electron chi connectivity index (χ3n) is 21.4. The minimum Gasteiger partial charge on any atom is -0.432 e. The van der Waals surface area contributed by atoms with Gasteiger partial charge in [0.15, 0.2) is 18.9 Å². The van der Waals surface area contributed by atoms with Gasteiger partial charge >= 0.3 is 5.97 Å². The summed E-state index contributed by atoms with van der Waals surface area (Å²) >= 11 is 0. The van der Waals surface area contributed by atoms with Crippen molar-refractivity contribution in [1.29, 1.82) is 0 Å². The molecule has 8 fully saturated rings. The van der Waals surface area contributed by atoms with Gasteiger partial charge in [0.1, 0.15) is 97.7 Å². The van der Waals surface area contributed by atoms with E-state index in [-0.39, 0.29) is 39.4 Å². The highest BCUT2D eigenvalue weighted by molar-refractivity contribution is 5.79. The van der Waals surface area contributed by atoms with Crippen LogP contribution in [0.25, 0.3) is 0 Å². The second-order valence-corrected chi connectivity index (χ2v) is 26.3. The van der Waals surface area contributed by atoms with Crippen molar-refractivity contribution in [2.75, 3.05) is 26.4 Å². The quantitative estimate of drug-likeness (QED) is 0.0569. The third-order valence-corrected chi connectivity index (χ3v) is 21.4. The van der Waals surface area contributed by atoms with E-state index in [1.807, 2.05) is 0 Å². The molecular formula is C54H88O23. The van der Waals surface area contributed by atoms with E-state index in [9.17, 15) is 76.3 Å². The van der Waals surface area contributed by atoms with Gasteiger partial charge in [-0.05, 0) is 109 Å². The van der Waals surface area contributed by atoms with Gasteiger partial charge in [-0.1, -0.05) is 60.1 Å². The number of allylic oxidation sites excluding steroid dienone is 2. The van der Waals surface area contributed by atoms with Gasteiger partial charge in [-0.25, -0.2) is 0 Å². The Labute approximate surface area is 449 Å². The Hall–Kier alpha value is -1.63. The van der Waals surface area contributed by atoms with Gasteiger partial charge in [0.05, 0.1) is 37.9 Å². The molecule has 23 nitrogen and oxygen atoms in total. The summed E-state index contributed by atoms with van der Waals surface area (Å²) < 4.78 is 47.5. The van der Waals surface area contributed by atoms with E-state index in [1.54, 1.807) is 0 Å². The molecule has 14 N–H and O–H groups in total. The number of aliphatic hydroxyl groups is 14. The molecule has 4 saturated carbocycles. The van der Waals surface area contributed by atoms with Crippen LogP contribution in [0.2, 0.25) is 0 Å². The molecular weight excluding hydrogens is 1020 g/mol. The van der Waals surface area contributed by atoms with Crippen LogP contribution in [0.4, 0.5) is 0 Å². The first-order valence-corrected chi connectivity index (χ1v) is 27.8. The maximum absolute atomic E-state index is 14.7. The predicted molar refractivity (Wildman–Crippen MR) is 263 cm³/mol. The first-order chi connectivity index (χ1) is 36.1. The summed E-state index contributed by atoms with van der Waals surface area (Å²) in [6, 6.07) is 0. The molecule has 442 valence electrons. The molecule has 0 aromatic carbocycles. The fourth-order valence-electron chi connectivity index (χ4n) is 16.5. The van der Waals surface area contributed by atoms with Gasteiger partial charge in [0.25, 0.3) is 0 Å². The van der Waals surface area contributed by atoms with Crippen LogP contribution < -0.4 is 0 Å². The number of carbonyl (C=O) groups is 1. The lowest BCUT2D eigenvalue weighted by molar-refractivity contribution is -0.385. The number of aliphatic hydroxyl groups excluding tert-OH is 14. The van der Waals surface area contributed by atoms with Crippen molar-refractivity contribution in [2.24, 2.45) is 50.2 Å². The summed E-state index contributed by atoms with van der Waals surface area (Å²) in [6.45, 7) is 12.9. The third kappa shape index (κ3) is 9.80. The smallest absolute Gasteiger partial charge is 0.315 e. The lowest BCUT2D eigenvalue weighted by Crippen LogP contribution is -2.67. The van der Waals surface area contributed by atoms with E-state index in [1.165, 1.54) is 5.57 Å². The molecule has 9 rings (SSSR count). The molecule has 9 aliphatic rings. The minimum atomic E-state index is -1.97. The maximum atomic E-state index is 14.7. The standard InChI is InChI=1S/C54H88O23/c1-49(2)14-16-54(48(69)77-45-39(66)37(64)33(60)26(20-56)71-45)17-15-52(6)23(24(54)18-49)8-9-30-51(5)12-11-31(50(3,4)29(51)10-13-53(30,52)7)74-46-40(67)42(34(61)27(21-57)72-46)76-47-41(68)43(35(62)28(22-58)73-47)75-44-38(65)36(63)32(59)25(19-55)70-44/h8,24-47,55-68H,9-22H2,1-7H3/t24-,25+,26+,27+,28+,29-,30+,31-,32+,33+,34+,35+,36-,37-,38+,39+,40+,41+,42-,43-,44-,45-,46-,47-,51-,52+,53+,54-/m0/s1. The van der Waals surface area contributed by atoms with Crippen molar-refractivity contribution in [3.63, 3.8) is 0 Å².